The largest absolute Gasteiger partial charge is 0.460 e. The van der Waals surface area contributed by atoms with Crippen molar-refractivity contribution in [2.75, 3.05) is 6.61 Å². The number of rotatable bonds is 6. The predicted molar refractivity (Wildman–Crippen MR) is 100 cm³/mol. The average molecular weight is 495 g/mol. The molecule has 0 radical (unpaired) electrons. The molecule has 13 heteroatoms. The maximum absolute atomic E-state index is 13.7. The smallest absolute Gasteiger partial charge is 0.350 e. The minimum Gasteiger partial charge on any atom is -0.460 e. The van der Waals surface area contributed by atoms with Crippen molar-refractivity contribution in [2.24, 2.45) is 0 Å². The van der Waals surface area contributed by atoms with Crippen molar-refractivity contribution in [3.8, 4) is 0 Å². The van der Waals surface area contributed by atoms with Gasteiger partial charge in [0.05, 0.1) is 11.0 Å². The maximum atomic E-state index is 13.7. The molecule has 11 nitrogen and oxygen atoms in total. The van der Waals surface area contributed by atoms with Gasteiger partial charge in [-0.25, -0.2) is 9.59 Å². The fourth-order valence-electron chi connectivity index (χ4n) is 2.75. The van der Waals surface area contributed by atoms with Crippen LogP contribution in [0.25, 0.3) is 0 Å². The standard InChI is InChI=1S/C17H20BrFN2O9/c1-7(22)28-12-11(18)10(6-27-15(25)17(3,4)30-8(2)23)29-14(12)21-5-9(19)13(24)20-16(21)26/h5,10-12,14H,6H2,1-4H3,(H,20,24,26)/t10?,11?,12-,14?/m1/s1. The number of ether oxygens (including phenoxy) is 4. The molecule has 0 bridgehead atoms. The van der Waals surface area contributed by atoms with Gasteiger partial charge in [-0.3, -0.25) is 23.9 Å². The fourth-order valence-corrected chi connectivity index (χ4v) is 3.40. The van der Waals surface area contributed by atoms with E-state index in [9.17, 15) is 28.4 Å². The first-order chi connectivity index (χ1) is 13.8. The van der Waals surface area contributed by atoms with Gasteiger partial charge in [-0.1, -0.05) is 15.9 Å². The summed E-state index contributed by atoms with van der Waals surface area (Å²) in [6.07, 6.45) is -2.74. The summed E-state index contributed by atoms with van der Waals surface area (Å²) in [7, 11) is 0. The number of esters is 3. The van der Waals surface area contributed by atoms with E-state index in [0.29, 0.717) is 6.20 Å². The number of hydrogen-bond donors (Lipinski definition) is 1. The van der Waals surface area contributed by atoms with Gasteiger partial charge in [-0.05, 0) is 13.8 Å². The lowest BCUT2D eigenvalue weighted by atomic mass is 10.1. The van der Waals surface area contributed by atoms with E-state index in [0.717, 1.165) is 18.4 Å². The molecule has 1 aliphatic rings. The predicted octanol–water partition coefficient (Wildman–Crippen LogP) is 0.153. The summed E-state index contributed by atoms with van der Waals surface area (Å²) in [5, 5.41) is 0. The van der Waals surface area contributed by atoms with E-state index >= 15 is 0 Å². The molecule has 1 aromatic rings. The lowest BCUT2D eigenvalue weighted by molar-refractivity contribution is -0.180. The maximum Gasteiger partial charge on any atom is 0.350 e. The van der Waals surface area contributed by atoms with Crippen molar-refractivity contribution in [1.82, 2.24) is 9.55 Å². The van der Waals surface area contributed by atoms with Gasteiger partial charge < -0.3 is 18.9 Å². The third-order valence-electron chi connectivity index (χ3n) is 4.03. The Hall–Kier alpha value is -2.54. The van der Waals surface area contributed by atoms with E-state index in [-0.39, 0.29) is 6.61 Å². The first kappa shape index (κ1) is 23.7. The molecule has 3 unspecified atom stereocenters. The van der Waals surface area contributed by atoms with Crippen molar-refractivity contribution in [2.45, 2.75) is 56.6 Å². The summed E-state index contributed by atoms with van der Waals surface area (Å²) in [5.74, 6) is -3.49. The Labute approximate surface area is 177 Å². The highest BCUT2D eigenvalue weighted by Gasteiger charge is 2.48. The number of nitrogens with zero attached hydrogens (tertiary/aromatic N) is 1. The summed E-state index contributed by atoms with van der Waals surface area (Å²) < 4.78 is 35.3. The van der Waals surface area contributed by atoms with E-state index in [1.165, 1.54) is 13.8 Å². The third-order valence-corrected chi connectivity index (χ3v) is 5.14. The van der Waals surface area contributed by atoms with Crippen LogP contribution < -0.4 is 11.2 Å². The number of hydrogen-bond acceptors (Lipinski definition) is 9. The molecular weight excluding hydrogens is 475 g/mol. The zero-order valence-corrected chi connectivity index (χ0v) is 18.1. The van der Waals surface area contributed by atoms with E-state index < -0.39 is 63.8 Å². The summed E-state index contributed by atoms with van der Waals surface area (Å²) >= 11 is 3.28. The first-order valence-electron chi connectivity index (χ1n) is 8.68. The van der Waals surface area contributed by atoms with Crippen LogP contribution in [-0.2, 0) is 33.3 Å². The lowest BCUT2D eigenvalue weighted by Crippen LogP contribution is -2.40. The van der Waals surface area contributed by atoms with Crippen LogP contribution in [-0.4, -0.2) is 56.7 Å². The number of carbonyl (C=O) groups excluding carboxylic acids is 3. The Bertz CT molecular complexity index is 957. The number of nitrogens with one attached hydrogen (secondary N) is 1. The zero-order chi connectivity index (χ0) is 22.8. The molecule has 0 saturated carbocycles. The van der Waals surface area contributed by atoms with Crippen molar-refractivity contribution in [3.05, 3.63) is 32.9 Å². The van der Waals surface area contributed by atoms with Crippen LogP contribution in [0.1, 0.15) is 33.9 Å². The molecule has 1 aromatic heterocycles. The van der Waals surface area contributed by atoms with E-state index in [1.807, 2.05) is 0 Å². The highest BCUT2D eigenvalue weighted by molar-refractivity contribution is 9.09. The third kappa shape index (κ3) is 5.33. The van der Waals surface area contributed by atoms with Gasteiger partial charge in [0.2, 0.25) is 11.4 Å². The highest BCUT2D eigenvalue weighted by atomic mass is 79.9. The van der Waals surface area contributed by atoms with Gasteiger partial charge in [0.15, 0.2) is 12.3 Å². The number of aromatic amines is 1. The van der Waals surface area contributed by atoms with Crippen LogP contribution in [0.3, 0.4) is 0 Å². The topological polar surface area (TPSA) is 143 Å². The number of halogens is 2. The Morgan fingerprint density at radius 1 is 1.27 bits per heavy atom. The summed E-state index contributed by atoms with van der Waals surface area (Å²) in [5.41, 5.74) is -3.76. The number of H-pyrrole nitrogens is 1. The van der Waals surface area contributed by atoms with Crippen LogP contribution >= 0.6 is 15.9 Å². The first-order valence-corrected chi connectivity index (χ1v) is 9.59. The number of carbonyl (C=O) groups is 3. The van der Waals surface area contributed by atoms with Crippen molar-refractivity contribution in [1.29, 1.82) is 0 Å². The Morgan fingerprint density at radius 3 is 2.47 bits per heavy atom. The molecule has 166 valence electrons. The van der Waals surface area contributed by atoms with Gasteiger partial charge in [-0.2, -0.15) is 4.39 Å². The van der Waals surface area contributed by atoms with Crippen LogP contribution in [0.15, 0.2) is 15.8 Å². The molecule has 0 aliphatic carbocycles. The van der Waals surface area contributed by atoms with Gasteiger partial charge in [0, 0.05) is 13.8 Å². The Balaban J connectivity index is 2.24. The van der Waals surface area contributed by atoms with Crippen molar-refractivity contribution < 1.29 is 37.7 Å². The van der Waals surface area contributed by atoms with Gasteiger partial charge >= 0.3 is 23.6 Å². The van der Waals surface area contributed by atoms with E-state index in [2.05, 4.69) is 15.9 Å². The minimum absolute atomic E-state index is 0.367. The molecule has 0 aromatic carbocycles. The molecule has 1 N–H and O–H groups in total. The summed E-state index contributed by atoms with van der Waals surface area (Å²) in [6, 6.07) is 0. The normalized spacial score (nSPS) is 23.7. The quantitative estimate of drug-likeness (QED) is 0.332. The number of alkyl halides is 1. The minimum atomic E-state index is -1.56. The molecule has 4 atom stereocenters. The molecule has 0 amide bonds. The monoisotopic (exact) mass is 494 g/mol. The van der Waals surface area contributed by atoms with Gasteiger partial charge in [0.1, 0.15) is 12.7 Å². The second kappa shape index (κ2) is 9.08. The Morgan fingerprint density at radius 2 is 1.90 bits per heavy atom. The molecule has 2 rings (SSSR count). The van der Waals surface area contributed by atoms with Crippen LogP contribution in [0.4, 0.5) is 4.39 Å². The van der Waals surface area contributed by atoms with Crippen molar-refractivity contribution >= 4 is 33.8 Å². The van der Waals surface area contributed by atoms with E-state index in [4.69, 9.17) is 18.9 Å². The lowest BCUT2D eigenvalue weighted by Gasteiger charge is -2.23. The molecule has 30 heavy (non-hydrogen) atoms. The van der Waals surface area contributed by atoms with Gasteiger partial charge in [0.25, 0.3) is 5.56 Å². The molecule has 1 fully saturated rings. The molecular formula is C17H20BrFN2O9. The van der Waals surface area contributed by atoms with E-state index in [1.54, 1.807) is 4.98 Å². The Kier molecular flexibility index (Phi) is 7.18. The van der Waals surface area contributed by atoms with Crippen molar-refractivity contribution in [3.63, 3.8) is 0 Å². The van der Waals surface area contributed by atoms with Gasteiger partial charge in [-0.15, -0.1) is 0 Å². The van der Waals surface area contributed by atoms with Crippen LogP contribution in [0.5, 0.6) is 0 Å². The summed E-state index contributed by atoms with van der Waals surface area (Å²) in [4.78, 5) is 59.2. The fraction of sp³-hybridized carbons (Fsp3) is 0.588. The zero-order valence-electron chi connectivity index (χ0n) is 16.5. The summed E-state index contributed by atoms with van der Waals surface area (Å²) in [6.45, 7) is 4.57. The molecule has 0 spiro atoms. The van der Waals surface area contributed by atoms with Crippen LogP contribution in [0, 0.1) is 5.82 Å². The second-order valence-corrected chi connectivity index (χ2v) is 7.99. The highest BCUT2D eigenvalue weighted by Crippen LogP contribution is 2.36. The van der Waals surface area contributed by atoms with Crippen LogP contribution in [0.2, 0.25) is 0 Å². The second-order valence-electron chi connectivity index (χ2n) is 6.93. The molecule has 2 heterocycles. The average Bonchev–Trinajstić information content (AvgIpc) is 2.90. The number of aromatic nitrogens is 2. The molecule has 1 saturated heterocycles. The molecule has 1 aliphatic heterocycles. The SMILES string of the molecule is CC(=O)O[C@@H]1C(Br)C(COC(=O)C(C)(C)OC(C)=O)OC1n1cc(F)c(=O)[nH]c1=O.